The Morgan fingerprint density at radius 1 is 1.18 bits per heavy atom. The number of aromatic nitrogens is 2. The molecule has 0 unspecified atom stereocenters. The first kappa shape index (κ1) is 19.7. The van der Waals surface area contributed by atoms with Crippen LogP contribution < -0.4 is 5.56 Å². The number of thioether (sulfide) groups is 1. The molecule has 1 aromatic carbocycles. The number of nitrogens with zero attached hydrogens (tertiary/aromatic N) is 2. The topological polar surface area (TPSA) is 44.1 Å². The van der Waals surface area contributed by atoms with Crippen LogP contribution in [0.2, 0.25) is 0 Å². The summed E-state index contributed by atoms with van der Waals surface area (Å²) in [5, 5.41) is 0.830. The molecule has 1 heterocycles. The number of benzene rings is 1. The van der Waals surface area contributed by atoms with Crippen LogP contribution in [0.5, 0.6) is 0 Å². The van der Waals surface area contributed by atoms with E-state index in [0.29, 0.717) is 13.2 Å². The molecule has 1 saturated carbocycles. The van der Waals surface area contributed by atoms with Gasteiger partial charge in [0.25, 0.3) is 5.56 Å². The summed E-state index contributed by atoms with van der Waals surface area (Å²) in [5.41, 5.74) is 4.59. The zero-order valence-electron chi connectivity index (χ0n) is 17.0. The molecule has 0 amide bonds. The normalized spacial score (nSPS) is 16.9. The average Bonchev–Trinajstić information content (AvgIpc) is 3.16. The maximum absolute atomic E-state index is 13.7. The second-order valence-corrected chi connectivity index (χ2v) is 9.01. The largest absolute Gasteiger partial charge is 0.381 e. The Balaban J connectivity index is 1.79. The fourth-order valence-electron chi connectivity index (χ4n) is 4.87. The van der Waals surface area contributed by atoms with Crippen molar-refractivity contribution in [2.45, 2.75) is 69.5 Å². The van der Waals surface area contributed by atoms with Gasteiger partial charge in [0.15, 0.2) is 5.16 Å². The van der Waals surface area contributed by atoms with Crippen LogP contribution in [0.3, 0.4) is 0 Å². The Hall–Kier alpha value is -1.59. The molecule has 0 N–H and O–H groups in total. The lowest BCUT2D eigenvalue weighted by atomic mass is 9.68. The first-order valence-electron chi connectivity index (χ1n) is 10.6. The van der Waals surface area contributed by atoms with E-state index in [1.807, 2.05) is 11.5 Å². The van der Waals surface area contributed by atoms with Crippen LogP contribution in [0.25, 0.3) is 11.3 Å². The van der Waals surface area contributed by atoms with E-state index in [1.54, 1.807) is 11.8 Å². The van der Waals surface area contributed by atoms with Crippen LogP contribution in [0.1, 0.15) is 57.1 Å². The summed E-state index contributed by atoms with van der Waals surface area (Å²) < 4.78 is 7.50. The summed E-state index contributed by atoms with van der Waals surface area (Å²) in [6, 6.07) is 8.53. The molecule has 150 valence electrons. The number of rotatable bonds is 7. The Labute approximate surface area is 171 Å². The van der Waals surface area contributed by atoms with Crippen LogP contribution in [-0.2, 0) is 23.1 Å². The third-order valence-electron chi connectivity index (χ3n) is 6.15. The predicted molar refractivity (Wildman–Crippen MR) is 115 cm³/mol. The van der Waals surface area contributed by atoms with Crippen molar-refractivity contribution in [1.82, 2.24) is 9.55 Å². The van der Waals surface area contributed by atoms with Crippen molar-refractivity contribution in [1.29, 1.82) is 0 Å². The first-order chi connectivity index (χ1) is 13.7. The van der Waals surface area contributed by atoms with Gasteiger partial charge in [0.2, 0.25) is 0 Å². The maximum Gasteiger partial charge on any atom is 0.258 e. The van der Waals surface area contributed by atoms with Crippen molar-refractivity contribution in [3.05, 3.63) is 45.7 Å². The van der Waals surface area contributed by atoms with Gasteiger partial charge in [0.1, 0.15) is 0 Å². The van der Waals surface area contributed by atoms with Crippen LogP contribution in [0, 0.1) is 0 Å². The summed E-state index contributed by atoms with van der Waals surface area (Å²) in [4.78, 5) is 18.7. The first-order valence-corrected chi connectivity index (χ1v) is 11.6. The molecule has 1 aromatic heterocycles. The van der Waals surface area contributed by atoms with E-state index in [0.717, 1.165) is 60.0 Å². The van der Waals surface area contributed by atoms with Gasteiger partial charge in [-0.25, -0.2) is 4.98 Å². The predicted octanol–water partition coefficient (Wildman–Crippen LogP) is 4.82. The molecule has 1 spiro atoms. The van der Waals surface area contributed by atoms with Gasteiger partial charge < -0.3 is 4.74 Å². The van der Waals surface area contributed by atoms with E-state index in [-0.39, 0.29) is 11.0 Å². The van der Waals surface area contributed by atoms with Crippen molar-refractivity contribution >= 4 is 11.8 Å². The quantitative estimate of drug-likeness (QED) is 0.381. The van der Waals surface area contributed by atoms with Gasteiger partial charge in [-0.2, -0.15) is 0 Å². The monoisotopic (exact) mass is 398 g/mol. The van der Waals surface area contributed by atoms with Crippen LogP contribution in [0.4, 0.5) is 0 Å². The number of fused-ring (bicyclic) bond motifs is 4. The fourth-order valence-corrected chi connectivity index (χ4v) is 5.78. The molecule has 0 atom stereocenters. The van der Waals surface area contributed by atoms with Gasteiger partial charge in [-0.05, 0) is 38.2 Å². The van der Waals surface area contributed by atoms with Gasteiger partial charge in [0.05, 0.1) is 17.9 Å². The molecule has 2 aromatic rings. The fraction of sp³-hybridized carbons (Fsp3) is 0.565. The highest BCUT2D eigenvalue weighted by Crippen LogP contribution is 2.49. The zero-order valence-corrected chi connectivity index (χ0v) is 17.8. The smallest absolute Gasteiger partial charge is 0.258 e. The third kappa shape index (κ3) is 3.43. The Morgan fingerprint density at radius 3 is 2.71 bits per heavy atom. The van der Waals surface area contributed by atoms with E-state index < -0.39 is 0 Å². The third-order valence-corrected chi connectivity index (χ3v) is 7.09. The van der Waals surface area contributed by atoms with Crippen molar-refractivity contribution in [3.8, 4) is 11.3 Å². The van der Waals surface area contributed by atoms with Crippen molar-refractivity contribution < 1.29 is 4.74 Å². The molecule has 0 bridgehead atoms. The standard InChI is InChI=1S/C23H30N2O2S/c1-3-13-27-14-15-28-22-24-20-18-10-6-5-9-17(18)16-23(11-7-8-12-23)19(20)21(26)25(22)4-2/h5-6,9-10H,3-4,7-8,11-16H2,1-2H3. The summed E-state index contributed by atoms with van der Waals surface area (Å²) in [6.45, 7) is 6.30. The zero-order chi connectivity index (χ0) is 19.6. The van der Waals surface area contributed by atoms with Gasteiger partial charge in [-0.15, -0.1) is 0 Å². The van der Waals surface area contributed by atoms with Crippen LogP contribution in [-0.4, -0.2) is 28.5 Å². The lowest BCUT2D eigenvalue weighted by Gasteiger charge is -2.36. The average molecular weight is 399 g/mol. The Morgan fingerprint density at radius 2 is 1.96 bits per heavy atom. The molecule has 0 radical (unpaired) electrons. The summed E-state index contributed by atoms with van der Waals surface area (Å²) in [7, 11) is 0. The number of hydrogen-bond donors (Lipinski definition) is 0. The molecule has 1 fully saturated rings. The number of ether oxygens (including phenoxy) is 1. The van der Waals surface area contributed by atoms with Crippen molar-refractivity contribution in [2.75, 3.05) is 19.0 Å². The van der Waals surface area contributed by atoms with Crippen LogP contribution >= 0.6 is 11.8 Å². The molecule has 0 saturated heterocycles. The van der Waals surface area contributed by atoms with E-state index in [9.17, 15) is 4.79 Å². The Kier molecular flexibility index (Phi) is 5.93. The highest BCUT2D eigenvalue weighted by Gasteiger charge is 2.44. The molecule has 28 heavy (non-hydrogen) atoms. The van der Waals surface area contributed by atoms with Crippen molar-refractivity contribution in [3.63, 3.8) is 0 Å². The lowest BCUT2D eigenvalue weighted by molar-refractivity contribution is 0.150. The highest BCUT2D eigenvalue weighted by atomic mass is 32.2. The molecular formula is C23H30N2O2S. The SMILES string of the molecule is CCCOCCSc1nc2c(c(=O)n1CC)C1(CCCC1)Cc1ccccc1-2. The van der Waals surface area contributed by atoms with E-state index in [2.05, 4.69) is 31.2 Å². The Bertz CT molecular complexity index is 900. The van der Waals surface area contributed by atoms with Gasteiger partial charge in [-0.1, -0.05) is 55.8 Å². The minimum atomic E-state index is -0.0158. The van der Waals surface area contributed by atoms with Gasteiger partial charge in [0, 0.05) is 29.9 Å². The molecule has 2 aliphatic rings. The second kappa shape index (κ2) is 8.42. The van der Waals surface area contributed by atoms with Crippen molar-refractivity contribution in [2.24, 2.45) is 0 Å². The number of hydrogen-bond acceptors (Lipinski definition) is 4. The molecule has 5 heteroatoms. The van der Waals surface area contributed by atoms with Crippen LogP contribution in [0.15, 0.2) is 34.2 Å². The maximum atomic E-state index is 13.7. The summed E-state index contributed by atoms with van der Waals surface area (Å²) >= 11 is 1.64. The molecule has 0 aliphatic heterocycles. The lowest BCUT2D eigenvalue weighted by Crippen LogP contribution is -2.40. The summed E-state index contributed by atoms with van der Waals surface area (Å²) in [5.74, 6) is 0.817. The minimum Gasteiger partial charge on any atom is -0.381 e. The molecule has 4 rings (SSSR count). The van der Waals surface area contributed by atoms with E-state index in [4.69, 9.17) is 9.72 Å². The highest BCUT2D eigenvalue weighted by molar-refractivity contribution is 7.99. The molecular weight excluding hydrogens is 368 g/mol. The van der Waals surface area contributed by atoms with Gasteiger partial charge in [-0.3, -0.25) is 9.36 Å². The summed E-state index contributed by atoms with van der Waals surface area (Å²) in [6.07, 6.45) is 6.63. The molecule has 4 nitrogen and oxygen atoms in total. The van der Waals surface area contributed by atoms with E-state index in [1.165, 1.54) is 18.4 Å². The second-order valence-electron chi connectivity index (χ2n) is 7.95. The molecule has 2 aliphatic carbocycles. The van der Waals surface area contributed by atoms with E-state index >= 15 is 0 Å². The minimum absolute atomic E-state index is 0.0158. The van der Waals surface area contributed by atoms with Gasteiger partial charge >= 0.3 is 0 Å².